The van der Waals surface area contributed by atoms with Crippen LogP contribution in [-0.2, 0) is 0 Å². The first-order valence-corrected chi connectivity index (χ1v) is 14.9. The molecule has 206 valence electrons. The summed E-state index contributed by atoms with van der Waals surface area (Å²) in [6, 6.07) is 43.5. The molecule has 7 aromatic rings. The number of aromatic nitrogens is 2. The number of para-hydroxylation sites is 3. The highest BCUT2D eigenvalue weighted by molar-refractivity contribution is 6.26. The van der Waals surface area contributed by atoms with Crippen LogP contribution >= 0.6 is 0 Å². The largest absolute Gasteiger partial charge is 0.361 e. The molecule has 0 radical (unpaired) electrons. The van der Waals surface area contributed by atoms with Crippen molar-refractivity contribution < 1.29 is 0 Å². The standard InChI is InChI=1S/C40H31N3/c1-2-3-19-30(28-15-6-4-7-16-28)34-22-14-25-38(41-34)43-35-23-12-10-20-31(35)32-26-27-37-39(40(32)43)33-21-11-13-24-36(33)42(37)29-17-8-5-9-18-29/h2-27,34,41H,1H3/b3-2-,30-19+. The fourth-order valence-electron chi connectivity index (χ4n) is 6.66. The van der Waals surface area contributed by atoms with E-state index < -0.39 is 0 Å². The van der Waals surface area contributed by atoms with Crippen molar-refractivity contribution in [3.63, 3.8) is 0 Å². The lowest BCUT2D eigenvalue weighted by atomic mass is 9.96. The van der Waals surface area contributed by atoms with Crippen molar-refractivity contribution in [1.82, 2.24) is 14.5 Å². The molecule has 1 atom stereocenters. The molecule has 0 aliphatic carbocycles. The van der Waals surface area contributed by atoms with E-state index in [0.717, 1.165) is 11.5 Å². The molecule has 3 heterocycles. The number of dihydropyridines is 1. The number of hydrogen-bond donors (Lipinski definition) is 1. The maximum Gasteiger partial charge on any atom is 0.111 e. The predicted octanol–water partition coefficient (Wildman–Crippen LogP) is 9.88. The summed E-state index contributed by atoms with van der Waals surface area (Å²) in [5.74, 6) is 1.06. The normalized spacial score (nSPS) is 15.6. The average Bonchev–Trinajstić information content (AvgIpc) is 3.59. The number of fused-ring (bicyclic) bond motifs is 7. The van der Waals surface area contributed by atoms with E-state index in [1.807, 2.05) is 0 Å². The van der Waals surface area contributed by atoms with Crippen LogP contribution in [0.15, 0.2) is 158 Å². The van der Waals surface area contributed by atoms with Crippen molar-refractivity contribution in [1.29, 1.82) is 0 Å². The second-order valence-corrected chi connectivity index (χ2v) is 11.0. The molecule has 2 aromatic heterocycles. The van der Waals surface area contributed by atoms with E-state index in [0.29, 0.717) is 0 Å². The van der Waals surface area contributed by atoms with Crippen LogP contribution in [-0.4, -0.2) is 15.2 Å². The zero-order chi connectivity index (χ0) is 28.8. The van der Waals surface area contributed by atoms with Crippen molar-refractivity contribution in [3.05, 3.63) is 163 Å². The van der Waals surface area contributed by atoms with Gasteiger partial charge in [-0.1, -0.05) is 121 Å². The second-order valence-electron chi connectivity index (χ2n) is 11.0. The van der Waals surface area contributed by atoms with Gasteiger partial charge in [-0.05, 0) is 54.5 Å². The fraction of sp³-hybridized carbons (Fsp3) is 0.0500. The minimum atomic E-state index is 0.0136. The van der Waals surface area contributed by atoms with Gasteiger partial charge in [0, 0.05) is 27.2 Å². The van der Waals surface area contributed by atoms with E-state index in [1.165, 1.54) is 54.7 Å². The Hall–Kier alpha value is -5.54. The molecule has 1 aliphatic heterocycles. The lowest BCUT2D eigenvalue weighted by Crippen LogP contribution is -2.31. The highest BCUT2D eigenvalue weighted by Gasteiger charge is 2.23. The third-order valence-electron chi connectivity index (χ3n) is 8.50. The third kappa shape index (κ3) is 4.04. The summed E-state index contributed by atoms with van der Waals surface area (Å²) in [5, 5.41) is 8.93. The zero-order valence-electron chi connectivity index (χ0n) is 24.0. The van der Waals surface area contributed by atoms with Crippen molar-refractivity contribution in [3.8, 4) is 5.69 Å². The summed E-state index contributed by atoms with van der Waals surface area (Å²) in [7, 11) is 0. The van der Waals surface area contributed by atoms with Crippen LogP contribution in [0.1, 0.15) is 12.5 Å². The Morgan fingerprint density at radius 1 is 0.651 bits per heavy atom. The van der Waals surface area contributed by atoms with Crippen molar-refractivity contribution in [2.24, 2.45) is 0 Å². The number of allylic oxidation sites excluding steroid dienone is 5. The number of hydrogen-bond acceptors (Lipinski definition) is 1. The van der Waals surface area contributed by atoms with Crippen LogP contribution < -0.4 is 5.32 Å². The minimum absolute atomic E-state index is 0.0136. The predicted molar refractivity (Wildman–Crippen MR) is 183 cm³/mol. The van der Waals surface area contributed by atoms with E-state index in [2.05, 4.69) is 179 Å². The van der Waals surface area contributed by atoms with Gasteiger partial charge < -0.3 is 9.88 Å². The number of nitrogens with zero attached hydrogens (tertiary/aromatic N) is 2. The SMILES string of the molecule is C/C=C\C=C(/c1ccccc1)C1C=CC=C(n2c3ccccc3c3ccc4c(c5ccccc5n4-c4ccccc4)c32)N1. The van der Waals surface area contributed by atoms with Crippen LogP contribution in [0, 0.1) is 0 Å². The molecule has 5 aromatic carbocycles. The molecule has 0 saturated heterocycles. The second kappa shape index (κ2) is 10.4. The summed E-state index contributed by atoms with van der Waals surface area (Å²) in [6.07, 6.45) is 13.1. The number of nitrogens with one attached hydrogen (secondary N) is 1. The van der Waals surface area contributed by atoms with Crippen LogP contribution in [0.25, 0.3) is 60.7 Å². The van der Waals surface area contributed by atoms with E-state index in [4.69, 9.17) is 0 Å². The number of rotatable bonds is 5. The van der Waals surface area contributed by atoms with Gasteiger partial charge in [0.25, 0.3) is 0 Å². The Labute approximate surface area is 251 Å². The van der Waals surface area contributed by atoms with Gasteiger partial charge in [-0.3, -0.25) is 4.57 Å². The lowest BCUT2D eigenvalue weighted by Gasteiger charge is -2.26. The van der Waals surface area contributed by atoms with Crippen LogP contribution in [0.2, 0.25) is 0 Å². The summed E-state index contributed by atoms with van der Waals surface area (Å²) in [5.41, 5.74) is 8.41. The third-order valence-corrected chi connectivity index (χ3v) is 8.50. The Bertz CT molecular complexity index is 2260. The minimum Gasteiger partial charge on any atom is -0.361 e. The van der Waals surface area contributed by atoms with Crippen molar-refractivity contribution in [2.75, 3.05) is 0 Å². The highest BCUT2D eigenvalue weighted by atomic mass is 15.2. The van der Waals surface area contributed by atoms with E-state index >= 15 is 0 Å². The first kappa shape index (κ1) is 25.2. The molecule has 3 heteroatoms. The molecule has 43 heavy (non-hydrogen) atoms. The highest BCUT2D eigenvalue weighted by Crippen LogP contribution is 2.42. The van der Waals surface area contributed by atoms with Crippen molar-refractivity contribution in [2.45, 2.75) is 13.0 Å². The smallest absolute Gasteiger partial charge is 0.111 e. The van der Waals surface area contributed by atoms with Crippen LogP contribution in [0.5, 0.6) is 0 Å². The maximum absolute atomic E-state index is 3.93. The molecule has 0 fully saturated rings. The van der Waals surface area contributed by atoms with Gasteiger partial charge in [0.2, 0.25) is 0 Å². The summed E-state index contributed by atoms with van der Waals surface area (Å²) >= 11 is 0. The van der Waals surface area contributed by atoms with Crippen LogP contribution in [0.4, 0.5) is 0 Å². The number of benzene rings is 5. The fourth-order valence-corrected chi connectivity index (χ4v) is 6.66. The Kier molecular flexibility index (Phi) is 6.08. The van der Waals surface area contributed by atoms with Crippen LogP contribution in [0.3, 0.4) is 0 Å². The summed E-state index contributed by atoms with van der Waals surface area (Å²) in [4.78, 5) is 0. The topological polar surface area (TPSA) is 21.9 Å². The molecule has 3 nitrogen and oxygen atoms in total. The molecule has 1 aliphatic rings. The Morgan fingerprint density at radius 2 is 1.33 bits per heavy atom. The van der Waals surface area contributed by atoms with Gasteiger partial charge in [-0.2, -0.15) is 0 Å². The Morgan fingerprint density at radius 3 is 2.09 bits per heavy atom. The average molecular weight is 554 g/mol. The maximum atomic E-state index is 3.93. The van der Waals surface area contributed by atoms with E-state index in [1.54, 1.807) is 0 Å². The van der Waals surface area contributed by atoms with Gasteiger partial charge in [-0.15, -0.1) is 0 Å². The van der Waals surface area contributed by atoms with E-state index in [9.17, 15) is 0 Å². The first-order chi connectivity index (χ1) is 21.3. The Balaban J connectivity index is 1.40. The molecular weight excluding hydrogens is 522 g/mol. The van der Waals surface area contributed by atoms with Gasteiger partial charge in [0.1, 0.15) is 5.82 Å². The van der Waals surface area contributed by atoms with Gasteiger partial charge >= 0.3 is 0 Å². The quantitative estimate of drug-likeness (QED) is 0.211. The molecule has 0 amide bonds. The molecule has 8 rings (SSSR count). The van der Waals surface area contributed by atoms with Gasteiger partial charge in [0.05, 0.1) is 28.1 Å². The lowest BCUT2D eigenvalue weighted by molar-refractivity contribution is 0.823. The molecule has 0 bridgehead atoms. The van der Waals surface area contributed by atoms with E-state index in [-0.39, 0.29) is 6.04 Å². The van der Waals surface area contributed by atoms with Gasteiger partial charge in [0.15, 0.2) is 0 Å². The van der Waals surface area contributed by atoms with Gasteiger partial charge in [-0.25, -0.2) is 0 Å². The molecule has 0 saturated carbocycles. The molecule has 1 N–H and O–H groups in total. The zero-order valence-corrected chi connectivity index (χ0v) is 24.0. The molecule has 0 spiro atoms. The molecular formula is C40H31N3. The molecule has 1 unspecified atom stereocenters. The monoisotopic (exact) mass is 553 g/mol. The summed E-state index contributed by atoms with van der Waals surface area (Å²) < 4.78 is 4.83. The van der Waals surface area contributed by atoms with Crippen molar-refractivity contribution >= 4 is 55.0 Å². The summed E-state index contributed by atoms with van der Waals surface area (Å²) in [6.45, 7) is 2.06. The first-order valence-electron chi connectivity index (χ1n) is 14.9.